The lowest BCUT2D eigenvalue weighted by molar-refractivity contribution is 0.0415. The van der Waals surface area contributed by atoms with Gasteiger partial charge in [0.05, 0.1) is 12.3 Å². The predicted octanol–water partition coefficient (Wildman–Crippen LogP) is 0.626. The van der Waals surface area contributed by atoms with E-state index in [4.69, 9.17) is 0 Å². The van der Waals surface area contributed by atoms with Crippen molar-refractivity contribution in [2.45, 2.75) is 32.0 Å². The molecule has 0 bridgehead atoms. The molecule has 0 radical (unpaired) electrons. The van der Waals surface area contributed by atoms with E-state index in [1.54, 1.807) is 0 Å². The van der Waals surface area contributed by atoms with Crippen molar-refractivity contribution < 1.29 is 5.11 Å². The summed E-state index contributed by atoms with van der Waals surface area (Å²) in [6.45, 7) is 7.22. The average Bonchev–Trinajstić information content (AvgIpc) is 2.33. The molecule has 0 spiro atoms. The van der Waals surface area contributed by atoms with Crippen LogP contribution in [0.2, 0.25) is 0 Å². The Labute approximate surface area is 103 Å². The first-order valence-corrected chi connectivity index (χ1v) is 6.11. The normalized spacial score (nSPS) is 24.8. The molecule has 2 heterocycles. The van der Waals surface area contributed by atoms with Gasteiger partial charge in [0, 0.05) is 37.4 Å². The minimum absolute atomic E-state index is 0.100. The molecular formula is C13H21N3O. The summed E-state index contributed by atoms with van der Waals surface area (Å²) < 4.78 is 0. The Morgan fingerprint density at radius 1 is 1.53 bits per heavy atom. The largest absolute Gasteiger partial charge is 0.395 e. The van der Waals surface area contributed by atoms with Crippen molar-refractivity contribution >= 4 is 0 Å². The quantitative estimate of drug-likeness (QED) is 0.806. The summed E-state index contributed by atoms with van der Waals surface area (Å²) in [7, 11) is 0. The zero-order valence-corrected chi connectivity index (χ0v) is 10.6. The summed E-state index contributed by atoms with van der Waals surface area (Å²) in [6.07, 6.45) is 1.83. The van der Waals surface area contributed by atoms with Gasteiger partial charge in [0.2, 0.25) is 0 Å². The second kappa shape index (κ2) is 5.12. The molecule has 1 aromatic heterocycles. The molecule has 1 saturated heterocycles. The Kier molecular flexibility index (Phi) is 3.76. The van der Waals surface area contributed by atoms with Crippen LogP contribution in [0.1, 0.15) is 19.5 Å². The van der Waals surface area contributed by atoms with Crippen LogP contribution in [0.4, 0.5) is 0 Å². The maximum absolute atomic E-state index is 9.24. The smallest absolute Gasteiger partial charge is 0.0597 e. The molecule has 2 N–H and O–H groups in total. The molecular weight excluding hydrogens is 214 g/mol. The Bertz CT molecular complexity index is 353. The van der Waals surface area contributed by atoms with Gasteiger partial charge in [0.15, 0.2) is 0 Å². The topological polar surface area (TPSA) is 48.4 Å². The van der Waals surface area contributed by atoms with Crippen LogP contribution in [-0.2, 0) is 6.54 Å². The molecule has 0 aromatic carbocycles. The molecule has 1 atom stereocenters. The van der Waals surface area contributed by atoms with E-state index in [1.807, 2.05) is 24.4 Å². The first-order valence-electron chi connectivity index (χ1n) is 6.11. The van der Waals surface area contributed by atoms with E-state index in [9.17, 15) is 5.11 Å². The number of aromatic nitrogens is 1. The summed E-state index contributed by atoms with van der Waals surface area (Å²) >= 11 is 0. The highest BCUT2D eigenvalue weighted by atomic mass is 16.3. The van der Waals surface area contributed by atoms with Crippen LogP contribution in [0.25, 0.3) is 0 Å². The van der Waals surface area contributed by atoms with Gasteiger partial charge in [-0.3, -0.25) is 9.88 Å². The van der Waals surface area contributed by atoms with Crippen LogP contribution < -0.4 is 5.32 Å². The van der Waals surface area contributed by atoms with Crippen LogP contribution in [0.15, 0.2) is 24.4 Å². The van der Waals surface area contributed by atoms with Crippen molar-refractivity contribution in [2.24, 2.45) is 0 Å². The summed E-state index contributed by atoms with van der Waals surface area (Å²) in [5.74, 6) is 0. The van der Waals surface area contributed by atoms with Gasteiger partial charge in [0.25, 0.3) is 0 Å². The Morgan fingerprint density at radius 2 is 2.35 bits per heavy atom. The third-order valence-corrected chi connectivity index (χ3v) is 3.42. The third-order valence-electron chi connectivity index (χ3n) is 3.42. The number of rotatable bonds is 3. The van der Waals surface area contributed by atoms with E-state index in [0.29, 0.717) is 0 Å². The van der Waals surface area contributed by atoms with E-state index >= 15 is 0 Å². The number of aliphatic hydroxyl groups is 1. The molecule has 4 nitrogen and oxygen atoms in total. The fourth-order valence-electron chi connectivity index (χ4n) is 2.17. The van der Waals surface area contributed by atoms with Crippen molar-refractivity contribution in [3.8, 4) is 0 Å². The van der Waals surface area contributed by atoms with Crippen LogP contribution in [0.5, 0.6) is 0 Å². The number of pyridine rings is 1. The highest BCUT2D eigenvalue weighted by molar-refractivity contribution is 5.05. The zero-order chi connectivity index (χ0) is 12.3. The number of nitrogens with zero attached hydrogens (tertiary/aromatic N) is 2. The molecule has 0 saturated carbocycles. The van der Waals surface area contributed by atoms with Gasteiger partial charge in [-0.05, 0) is 26.0 Å². The molecule has 17 heavy (non-hydrogen) atoms. The van der Waals surface area contributed by atoms with Crippen LogP contribution >= 0.6 is 0 Å². The predicted molar refractivity (Wildman–Crippen MR) is 67.6 cm³/mol. The molecule has 4 heteroatoms. The minimum Gasteiger partial charge on any atom is -0.395 e. The highest BCUT2D eigenvalue weighted by Crippen LogP contribution is 2.20. The van der Waals surface area contributed by atoms with Crippen molar-refractivity contribution in [3.05, 3.63) is 30.1 Å². The maximum atomic E-state index is 9.24. The number of aliphatic hydroxyl groups excluding tert-OH is 1. The molecule has 1 aromatic rings. The fraction of sp³-hybridized carbons (Fsp3) is 0.615. The summed E-state index contributed by atoms with van der Waals surface area (Å²) in [4.78, 5) is 6.75. The first-order chi connectivity index (χ1) is 8.12. The van der Waals surface area contributed by atoms with E-state index < -0.39 is 0 Å². The van der Waals surface area contributed by atoms with Crippen molar-refractivity contribution in [2.75, 3.05) is 19.7 Å². The second-order valence-corrected chi connectivity index (χ2v) is 5.27. The van der Waals surface area contributed by atoms with Crippen molar-refractivity contribution in [1.82, 2.24) is 15.2 Å². The minimum atomic E-state index is 0.100. The Morgan fingerprint density at radius 3 is 3.00 bits per heavy atom. The van der Waals surface area contributed by atoms with Gasteiger partial charge in [-0.1, -0.05) is 6.07 Å². The van der Waals surface area contributed by atoms with Crippen molar-refractivity contribution in [1.29, 1.82) is 0 Å². The van der Waals surface area contributed by atoms with Crippen LogP contribution in [0.3, 0.4) is 0 Å². The lowest BCUT2D eigenvalue weighted by atomic mass is 9.97. The number of piperazine rings is 1. The second-order valence-electron chi connectivity index (χ2n) is 5.27. The number of hydrogen-bond donors (Lipinski definition) is 2. The summed E-state index contributed by atoms with van der Waals surface area (Å²) in [5.41, 5.74) is 1.18. The summed E-state index contributed by atoms with van der Waals surface area (Å²) in [6, 6.07) is 6.17. The van der Waals surface area contributed by atoms with E-state index in [1.165, 1.54) is 0 Å². The van der Waals surface area contributed by atoms with Gasteiger partial charge >= 0.3 is 0 Å². The standard InChI is InChI=1S/C13H21N3O/c1-13(2)10-15-12(9-17)8-16(13)7-11-5-3-4-6-14-11/h3-6,12,15,17H,7-10H2,1-2H3. The lowest BCUT2D eigenvalue weighted by Crippen LogP contribution is -2.62. The lowest BCUT2D eigenvalue weighted by Gasteiger charge is -2.45. The first kappa shape index (κ1) is 12.5. The van der Waals surface area contributed by atoms with Crippen LogP contribution in [-0.4, -0.2) is 46.3 Å². The fourth-order valence-corrected chi connectivity index (χ4v) is 2.17. The molecule has 0 amide bonds. The molecule has 0 aliphatic carbocycles. The molecule has 1 aliphatic heterocycles. The van der Waals surface area contributed by atoms with Crippen LogP contribution in [0, 0.1) is 0 Å². The summed E-state index contributed by atoms with van der Waals surface area (Å²) in [5, 5.41) is 12.6. The zero-order valence-electron chi connectivity index (χ0n) is 10.6. The maximum Gasteiger partial charge on any atom is 0.0597 e. The Hall–Kier alpha value is -0.970. The van der Waals surface area contributed by atoms with Gasteiger partial charge in [0.1, 0.15) is 0 Å². The third kappa shape index (κ3) is 3.03. The van der Waals surface area contributed by atoms with Gasteiger partial charge in [-0.15, -0.1) is 0 Å². The average molecular weight is 235 g/mol. The monoisotopic (exact) mass is 235 g/mol. The van der Waals surface area contributed by atoms with Gasteiger partial charge in [-0.2, -0.15) is 0 Å². The highest BCUT2D eigenvalue weighted by Gasteiger charge is 2.33. The van der Waals surface area contributed by atoms with Crippen molar-refractivity contribution in [3.63, 3.8) is 0 Å². The van der Waals surface area contributed by atoms with Gasteiger partial charge < -0.3 is 10.4 Å². The Balaban J connectivity index is 2.06. The van der Waals surface area contributed by atoms with Gasteiger partial charge in [-0.25, -0.2) is 0 Å². The van der Waals surface area contributed by atoms with E-state index in [-0.39, 0.29) is 18.2 Å². The van der Waals surface area contributed by atoms with E-state index in [0.717, 1.165) is 25.3 Å². The molecule has 1 unspecified atom stereocenters. The van der Waals surface area contributed by atoms with E-state index in [2.05, 4.69) is 29.0 Å². The number of nitrogens with one attached hydrogen (secondary N) is 1. The molecule has 1 aliphatic rings. The molecule has 1 fully saturated rings. The molecule has 2 rings (SSSR count). The number of hydrogen-bond acceptors (Lipinski definition) is 4. The SMILES string of the molecule is CC1(C)CNC(CO)CN1Cc1ccccn1. The molecule has 94 valence electrons.